The summed E-state index contributed by atoms with van der Waals surface area (Å²) in [4.78, 5) is 43.4. The Labute approximate surface area is 259 Å². The van der Waals surface area contributed by atoms with Crippen LogP contribution in [0.3, 0.4) is 0 Å². The van der Waals surface area contributed by atoms with E-state index in [1.807, 2.05) is 90.5 Å². The summed E-state index contributed by atoms with van der Waals surface area (Å²) < 4.78 is 7.50. The lowest BCUT2D eigenvalue weighted by Crippen LogP contribution is -2.30. The molecule has 46 heavy (non-hydrogen) atoms. The summed E-state index contributed by atoms with van der Waals surface area (Å²) in [5.41, 5.74) is 5.99. The highest BCUT2D eigenvalue weighted by atomic mass is 16.5. The van der Waals surface area contributed by atoms with Crippen LogP contribution in [-0.2, 0) is 11.8 Å². The number of aliphatic carboxylic acids is 1. The van der Waals surface area contributed by atoms with E-state index in [0.717, 1.165) is 49.6 Å². The molecule has 0 amide bonds. The number of benzene rings is 4. The normalized spacial score (nSPS) is 11.8. The number of carboxylic acids is 1. The number of carboxylic acid groups (broad SMARTS) is 1. The van der Waals surface area contributed by atoms with Gasteiger partial charge in [0.1, 0.15) is 17.0 Å². The summed E-state index contributed by atoms with van der Waals surface area (Å²) in [5, 5.41) is 12.6. The van der Waals surface area contributed by atoms with Gasteiger partial charge in [-0.2, -0.15) is 0 Å². The van der Waals surface area contributed by atoms with Crippen LogP contribution < -0.4 is 9.30 Å². The fourth-order valence-corrected chi connectivity index (χ4v) is 6.20. The first-order valence-electron chi connectivity index (χ1n) is 14.6. The molecule has 3 N–H and O–H groups in total. The number of hydrogen-bond donors (Lipinski definition) is 3. The van der Waals surface area contributed by atoms with Crippen LogP contribution in [0, 0.1) is 0 Å². The zero-order valence-electron chi connectivity index (χ0n) is 24.3. The van der Waals surface area contributed by atoms with Crippen molar-refractivity contribution in [1.82, 2.24) is 34.9 Å². The summed E-state index contributed by atoms with van der Waals surface area (Å²) in [6.07, 6.45) is 0. The van der Waals surface area contributed by atoms with E-state index in [1.165, 1.54) is 0 Å². The highest BCUT2D eigenvalue weighted by molar-refractivity contribution is 6.06. The molecule has 5 heterocycles. The van der Waals surface area contributed by atoms with Crippen molar-refractivity contribution in [3.8, 4) is 51.3 Å². The Balaban J connectivity index is 1.47. The van der Waals surface area contributed by atoms with Crippen LogP contribution in [0.4, 0.5) is 0 Å². The zero-order valence-corrected chi connectivity index (χ0v) is 24.3. The molecular weight excluding hydrogens is 580 g/mol. The van der Waals surface area contributed by atoms with Crippen molar-refractivity contribution in [1.29, 1.82) is 0 Å². The molecule has 8 bridgehead atoms. The summed E-state index contributed by atoms with van der Waals surface area (Å²) in [6.45, 7) is -0.461. The van der Waals surface area contributed by atoms with E-state index in [9.17, 15) is 9.90 Å². The third kappa shape index (κ3) is 3.95. The molecule has 0 unspecified atom stereocenters. The lowest BCUT2D eigenvalue weighted by atomic mass is 10.1. The van der Waals surface area contributed by atoms with Crippen molar-refractivity contribution < 1.29 is 19.2 Å². The second kappa shape index (κ2) is 9.76. The van der Waals surface area contributed by atoms with Crippen LogP contribution in [0.2, 0.25) is 0 Å². The second-order valence-corrected chi connectivity index (χ2v) is 11.1. The average Bonchev–Trinajstić information content (AvgIpc) is 3.78. The summed E-state index contributed by atoms with van der Waals surface area (Å²) in [7, 11) is 1.94. The largest absolute Gasteiger partial charge is 0.482 e. The predicted octanol–water partition coefficient (Wildman–Crippen LogP) is 5.76. The van der Waals surface area contributed by atoms with Gasteiger partial charge in [0.2, 0.25) is 11.3 Å². The molecule has 0 spiro atoms. The standard InChI is InChI=1S/C35H22N8O3/c1-43-34-24-12-6-7-13-25(24)35(43)42-33-26-16-18(46-17-27(44)45)14-15-23(26)31(40-33)38-29-20-9-3-2-8-19(20)28(36-29)37-30-21-10-4-5-11-22(21)32(39-30)41-34/h2-16H,17H2,1H3,(H2,36,37,38,39,40,41,42,44,45)/p+1. The molecule has 0 fully saturated rings. The van der Waals surface area contributed by atoms with Crippen LogP contribution in [0.15, 0.2) is 91.0 Å². The van der Waals surface area contributed by atoms with Crippen LogP contribution >= 0.6 is 0 Å². The average molecular weight is 604 g/mol. The predicted molar refractivity (Wildman–Crippen MR) is 173 cm³/mol. The molecule has 2 aliphatic rings. The van der Waals surface area contributed by atoms with Crippen LogP contribution in [0.1, 0.15) is 0 Å². The van der Waals surface area contributed by atoms with Crippen LogP contribution in [0.5, 0.6) is 5.75 Å². The minimum Gasteiger partial charge on any atom is -0.482 e. The van der Waals surface area contributed by atoms with Crippen molar-refractivity contribution in [3.63, 3.8) is 0 Å². The van der Waals surface area contributed by atoms with Gasteiger partial charge in [-0.15, -0.1) is 0 Å². The van der Waals surface area contributed by atoms with Crippen molar-refractivity contribution in [2.75, 3.05) is 6.61 Å². The number of rotatable bonds is 3. The van der Waals surface area contributed by atoms with Crippen molar-refractivity contribution in [2.24, 2.45) is 7.05 Å². The van der Waals surface area contributed by atoms with E-state index in [1.54, 1.807) is 12.1 Å². The smallest absolute Gasteiger partial charge is 0.341 e. The first-order chi connectivity index (χ1) is 22.5. The number of ether oxygens (including phenoxy) is 1. The van der Waals surface area contributed by atoms with E-state index < -0.39 is 12.6 Å². The third-order valence-corrected chi connectivity index (χ3v) is 8.31. The van der Waals surface area contributed by atoms with Crippen molar-refractivity contribution >= 4 is 50.1 Å². The molecule has 2 aliphatic heterocycles. The molecule has 3 aromatic heterocycles. The molecule has 220 valence electrons. The Hall–Kier alpha value is -6.49. The Morgan fingerprint density at radius 3 is 1.67 bits per heavy atom. The maximum atomic E-state index is 11.2. The van der Waals surface area contributed by atoms with Crippen LogP contribution in [0.25, 0.3) is 89.7 Å². The minimum atomic E-state index is -1.06. The molecule has 0 saturated heterocycles. The van der Waals surface area contributed by atoms with Gasteiger partial charge in [-0.25, -0.2) is 24.3 Å². The van der Waals surface area contributed by atoms with Gasteiger partial charge in [-0.1, -0.05) is 64.6 Å². The lowest BCUT2D eigenvalue weighted by Gasteiger charge is -2.02. The molecular formula is C35H23N8O3+. The van der Waals surface area contributed by atoms with Crippen LogP contribution in [-0.4, -0.2) is 52.6 Å². The Morgan fingerprint density at radius 1 is 0.630 bits per heavy atom. The van der Waals surface area contributed by atoms with Gasteiger partial charge in [-0.05, 0) is 36.4 Å². The van der Waals surface area contributed by atoms with Gasteiger partial charge in [0.05, 0.1) is 18.2 Å². The monoisotopic (exact) mass is 603 g/mol. The zero-order chi connectivity index (χ0) is 30.9. The molecule has 11 heteroatoms. The summed E-state index contributed by atoms with van der Waals surface area (Å²) >= 11 is 0. The number of H-pyrrole nitrogens is 2. The number of fused-ring (bicyclic) bond motifs is 20. The number of aromatic amines is 2. The number of carbonyl (C=O) groups is 1. The number of nitrogens with one attached hydrogen (secondary N) is 2. The SMILES string of the molecule is C[n+]1c2nc3[nH]c(nc4nc(nc5[nH]c(nc1-c1ccccc1-2)c1cc(OCC(=O)O)ccc51)-c1ccccc1-4)c1ccccc31. The Kier molecular flexibility index (Phi) is 5.51. The molecule has 11 nitrogen and oxygen atoms in total. The molecule has 9 rings (SSSR count). The Bertz CT molecular complexity index is 2610. The third-order valence-electron chi connectivity index (χ3n) is 8.31. The Morgan fingerprint density at radius 2 is 1.11 bits per heavy atom. The van der Waals surface area contributed by atoms with Gasteiger partial charge >= 0.3 is 5.97 Å². The highest BCUT2D eigenvalue weighted by Gasteiger charge is 2.29. The first kappa shape index (κ1) is 26.0. The quantitative estimate of drug-likeness (QED) is 0.216. The number of hydrogen-bond acceptors (Lipinski definition) is 7. The molecule has 0 atom stereocenters. The highest BCUT2D eigenvalue weighted by Crippen LogP contribution is 2.36. The molecule has 7 aromatic rings. The first-order valence-corrected chi connectivity index (χ1v) is 14.6. The summed E-state index contributed by atoms with van der Waals surface area (Å²) in [6, 6.07) is 29.3. The van der Waals surface area contributed by atoms with Gasteiger partial charge in [0.25, 0.3) is 11.6 Å². The van der Waals surface area contributed by atoms with Gasteiger partial charge in [0, 0.05) is 32.7 Å². The number of aromatic nitrogens is 8. The number of nitrogens with zero attached hydrogens (tertiary/aromatic N) is 6. The maximum absolute atomic E-state index is 11.2. The van der Waals surface area contributed by atoms with E-state index >= 15 is 0 Å². The lowest BCUT2D eigenvalue weighted by molar-refractivity contribution is -0.650. The van der Waals surface area contributed by atoms with Gasteiger partial charge in [-0.3, -0.25) is 0 Å². The van der Waals surface area contributed by atoms with E-state index in [0.29, 0.717) is 45.8 Å². The topological polar surface area (TPSA) is 146 Å². The second-order valence-electron chi connectivity index (χ2n) is 11.1. The van der Waals surface area contributed by atoms with E-state index in [4.69, 9.17) is 29.7 Å². The van der Waals surface area contributed by atoms with Gasteiger partial charge in [0.15, 0.2) is 18.3 Å². The van der Waals surface area contributed by atoms with Crippen molar-refractivity contribution in [3.05, 3.63) is 91.0 Å². The van der Waals surface area contributed by atoms with E-state index in [-0.39, 0.29) is 0 Å². The van der Waals surface area contributed by atoms with Gasteiger partial charge < -0.3 is 19.8 Å². The fraction of sp³-hybridized carbons (Fsp3) is 0.0571. The minimum absolute atomic E-state index is 0.405. The molecule has 0 saturated carbocycles. The molecule has 0 radical (unpaired) electrons. The molecule has 0 aliphatic carbocycles. The maximum Gasteiger partial charge on any atom is 0.341 e. The molecule has 4 aromatic carbocycles. The van der Waals surface area contributed by atoms with Crippen molar-refractivity contribution in [2.45, 2.75) is 0 Å². The summed E-state index contributed by atoms with van der Waals surface area (Å²) in [5.74, 6) is 1.81. The fourth-order valence-electron chi connectivity index (χ4n) is 6.20. The van der Waals surface area contributed by atoms with E-state index in [2.05, 4.69) is 9.97 Å².